The number of carbonyl (C=O) groups excluding carboxylic acids is 1. The molecule has 0 radical (unpaired) electrons. The molecule has 1 aliphatic rings. The minimum atomic E-state index is -0.243. The quantitative estimate of drug-likeness (QED) is 0.841. The summed E-state index contributed by atoms with van der Waals surface area (Å²) in [7, 11) is 0. The molecule has 3 nitrogen and oxygen atoms in total. The van der Waals surface area contributed by atoms with Crippen molar-refractivity contribution in [2.45, 2.75) is 6.42 Å². The predicted molar refractivity (Wildman–Crippen MR) is 79.7 cm³/mol. The van der Waals surface area contributed by atoms with E-state index in [1.807, 2.05) is 4.90 Å². The Morgan fingerprint density at radius 1 is 1.42 bits per heavy atom. The van der Waals surface area contributed by atoms with Gasteiger partial charge in [0, 0.05) is 18.8 Å². The van der Waals surface area contributed by atoms with Crippen LogP contribution in [0.25, 0.3) is 0 Å². The van der Waals surface area contributed by atoms with Crippen molar-refractivity contribution in [3.63, 3.8) is 0 Å². The molecule has 1 N–H and O–H groups in total. The molecule has 1 saturated heterocycles. The van der Waals surface area contributed by atoms with Crippen LogP contribution in [-0.4, -0.2) is 40.5 Å². The smallest absolute Gasteiger partial charge is 0.239 e. The highest BCUT2D eigenvalue weighted by Gasteiger charge is 2.19. The number of thioether (sulfide) groups is 1. The van der Waals surface area contributed by atoms with Crippen molar-refractivity contribution in [1.29, 1.82) is 0 Å². The molecular formula is C13H15FN2OS2. The Balaban J connectivity index is 1.69. The maximum Gasteiger partial charge on any atom is 0.239 e. The molecular weight excluding hydrogens is 283 g/mol. The number of rotatable bonds is 5. The molecule has 0 bridgehead atoms. The van der Waals surface area contributed by atoms with Gasteiger partial charge in [-0.2, -0.15) is 0 Å². The van der Waals surface area contributed by atoms with Gasteiger partial charge in [-0.15, -0.1) is 0 Å². The third-order valence-electron chi connectivity index (χ3n) is 2.83. The third-order valence-corrected chi connectivity index (χ3v) is 4.33. The van der Waals surface area contributed by atoms with Crippen molar-refractivity contribution < 1.29 is 9.18 Å². The van der Waals surface area contributed by atoms with Gasteiger partial charge in [-0.05, 0) is 24.1 Å². The predicted octanol–water partition coefficient (Wildman–Crippen LogP) is 1.82. The average molecular weight is 298 g/mol. The van der Waals surface area contributed by atoms with Crippen molar-refractivity contribution >= 4 is 34.2 Å². The lowest BCUT2D eigenvalue weighted by Crippen LogP contribution is -2.37. The third kappa shape index (κ3) is 4.47. The maximum atomic E-state index is 12.7. The molecule has 0 aliphatic carbocycles. The van der Waals surface area contributed by atoms with Gasteiger partial charge in [0.25, 0.3) is 0 Å². The topological polar surface area (TPSA) is 32.3 Å². The summed E-state index contributed by atoms with van der Waals surface area (Å²) in [6.07, 6.45) is 0.700. The number of nitrogens with one attached hydrogen (secondary N) is 1. The fourth-order valence-electron chi connectivity index (χ4n) is 1.80. The van der Waals surface area contributed by atoms with E-state index in [9.17, 15) is 9.18 Å². The first kappa shape index (κ1) is 14.3. The fraction of sp³-hybridized carbons (Fsp3) is 0.385. The van der Waals surface area contributed by atoms with Gasteiger partial charge in [0.2, 0.25) is 5.91 Å². The highest BCUT2D eigenvalue weighted by molar-refractivity contribution is 8.23. The van der Waals surface area contributed by atoms with Gasteiger partial charge in [0.15, 0.2) is 0 Å². The van der Waals surface area contributed by atoms with Gasteiger partial charge in [0.05, 0.1) is 6.54 Å². The molecule has 0 saturated carbocycles. The molecule has 102 valence electrons. The number of thiocarbonyl (C=S) groups is 1. The number of hydrogen-bond acceptors (Lipinski definition) is 3. The second-order valence-electron chi connectivity index (χ2n) is 4.26. The van der Waals surface area contributed by atoms with Crippen LogP contribution in [0.15, 0.2) is 24.3 Å². The van der Waals surface area contributed by atoms with Crippen molar-refractivity contribution in [2.24, 2.45) is 0 Å². The molecule has 1 amide bonds. The van der Waals surface area contributed by atoms with Crippen LogP contribution in [0.3, 0.4) is 0 Å². The highest BCUT2D eigenvalue weighted by Crippen LogP contribution is 2.16. The van der Waals surface area contributed by atoms with Gasteiger partial charge >= 0.3 is 0 Å². The Morgan fingerprint density at radius 3 is 2.79 bits per heavy atom. The van der Waals surface area contributed by atoms with E-state index in [4.69, 9.17) is 12.2 Å². The Labute approximate surface area is 121 Å². The van der Waals surface area contributed by atoms with E-state index in [0.29, 0.717) is 19.5 Å². The van der Waals surface area contributed by atoms with Crippen LogP contribution in [0, 0.1) is 5.82 Å². The summed E-state index contributed by atoms with van der Waals surface area (Å²) in [6, 6.07) is 6.32. The first-order valence-electron chi connectivity index (χ1n) is 6.08. The van der Waals surface area contributed by atoms with Crippen molar-refractivity contribution in [3.05, 3.63) is 35.6 Å². The molecule has 1 aliphatic heterocycles. The first-order chi connectivity index (χ1) is 9.15. The number of halogens is 1. The zero-order valence-corrected chi connectivity index (χ0v) is 12.0. The van der Waals surface area contributed by atoms with Crippen LogP contribution in [0.4, 0.5) is 4.39 Å². The average Bonchev–Trinajstić information content (AvgIpc) is 2.78. The summed E-state index contributed by atoms with van der Waals surface area (Å²) in [5, 5.41) is 2.85. The summed E-state index contributed by atoms with van der Waals surface area (Å²) in [5.41, 5.74) is 1.01. The van der Waals surface area contributed by atoms with E-state index < -0.39 is 0 Å². The minimum Gasteiger partial charge on any atom is -0.354 e. The Hall–Kier alpha value is -1.14. The summed E-state index contributed by atoms with van der Waals surface area (Å²) in [5.74, 6) is 0.696. The molecule has 1 aromatic carbocycles. The van der Waals surface area contributed by atoms with Gasteiger partial charge in [0.1, 0.15) is 10.1 Å². The van der Waals surface area contributed by atoms with Crippen LogP contribution in [0.5, 0.6) is 0 Å². The Morgan fingerprint density at radius 2 is 2.16 bits per heavy atom. The zero-order chi connectivity index (χ0) is 13.7. The first-order valence-corrected chi connectivity index (χ1v) is 7.47. The van der Waals surface area contributed by atoms with E-state index in [1.165, 1.54) is 12.1 Å². The molecule has 2 rings (SSSR count). The van der Waals surface area contributed by atoms with Crippen molar-refractivity contribution in [2.75, 3.05) is 25.4 Å². The van der Waals surface area contributed by atoms with Crippen molar-refractivity contribution in [1.82, 2.24) is 10.2 Å². The molecule has 0 atom stereocenters. The molecule has 1 heterocycles. The van der Waals surface area contributed by atoms with E-state index >= 15 is 0 Å². The lowest BCUT2D eigenvalue weighted by atomic mass is 10.1. The molecule has 1 fully saturated rings. The maximum absolute atomic E-state index is 12.7. The number of nitrogens with zero attached hydrogens (tertiary/aromatic N) is 1. The van der Waals surface area contributed by atoms with Crippen LogP contribution in [-0.2, 0) is 11.2 Å². The van der Waals surface area contributed by atoms with Crippen molar-refractivity contribution in [3.8, 4) is 0 Å². The van der Waals surface area contributed by atoms with E-state index in [2.05, 4.69) is 5.32 Å². The SMILES string of the molecule is O=C(CN1CCSC1=S)NCCc1ccc(F)cc1. The molecule has 0 aromatic heterocycles. The monoisotopic (exact) mass is 298 g/mol. The van der Waals surface area contributed by atoms with Crippen LogP contribution in [0.2, 0.25) is 0 Å². The molecule has 1 aromatic rings. The highest BCUT2D eigenvalue weighted by atomic mass is 32.2. The molecule has 19 heavy (non-hydrogen) atoms. The largest absolute Gasteiger partial charge is 0.354 e. The normalized spacial score (nSPS) is 14.8. The molecule has 0 unspecified atom stereocenters. The Kier molecular flexibility index (Phi) is 5.15. The van der Waals surface area contributed by atoms with E-state index in [-0.39, 0.29) is 11.7 Å². The summed E-state index contributed by atoms with van der Waals surface area (Å²) < 4.78 is 13.5. The van der Waals surface area contributed by atoms with Crippen LogP contribution < -0.4 is 5.32 Å². The lowest BCUT2D eigenvalue weighted by molar-refractivity contribution is -0.121. The number of benzene rings is 1. The summed E-state index contributed by atoms with van der Waals surface area (Å²) in [6.45, 7) is 1.72. The molecule has 0 spiro atoms. The Bertz CT molecular complexity index is 464. The van der Waals surface area contributed by atoms with Gasteiger partial charge < -0.3 is 10.2 Å². The number of carbonyl (C=O) groups is 1. The summed E-state index contributed by atoms with van der Waals surface area (Å²) >= 11 is 6.74. The number of hydrogen-bond donors (Lipinski definition) is 1. The standard InChI is InChI=1S/C13H15FN2OS2/c14-11-3-1-10(2-4-11)5-6-15-12(17)9-16-7-8-19-13(16)18/h1-4H,5-9H2,(H,15,17). The van der Waals surface area contributed by atoms with Crippen LogP contribution in [0.1, 0.15) is 5.56 Å². The lowest BCUT2D eigenvalue weighted by Gasteiger charge is -2.16. The minimum absolute atomic E-state index is 0.0213. The summed E-state index contributed by atoms with van der Waals surface area (Å²) in [4.78, 5) is 13.6. The second kappa shape index (κ2) is 6.86. The van der Waals surface area contributed by atoms with Gasteiger partial charge in [-0.3, -0.25) is 4.79 Å². The van der Waals surface area contributed by atoms with Crippen LogP contribution >= 0.6 is 24.0 Å². The molecule has 6 heteroatoms. The zero-order valence-electron chi connectivity index (χ0n) is 10.4. The number of amides is 1. The second-order valence-corrected chi connectivity index (χ2v) is 5.99. The van der Waals surface area contributed by atoms with Gasteiger partial charge in [-0.1, -0.05) is 36.1 Å². The van der Waals surface area contributed by atoms with Gasteiger partial charge in [-0.25, -0.2) is 4.39 Å². The van der Waals surface area contributed by atoms with E-state index in [1.54, 1.807) is 23.9 Å². The fourth-order valence-corrected chi connectivity index (χ4v) is 3.03. The van der Waals surface area contributed by atoms with E-state index in [0.717, 1.165) is 22.2 Å².